The lowest BCUT2D eigenvalue weighted by molar-refractivity contribution is 0.354. The van der Waals surface area contributed by atoms with Crippen molar-refractivity contribution in [3.8, 4) is 17.6 Å². The highest BCUT2D eigenvalue weighted by Crippen LogP contribution is 2.33. The van der Waals surface area contributed by atoms with E-state index in [4.69, 9.17) is 15.2 Å². The Balaban J connectivity index is 1.97. The summed E-state index contributed by atoms with van der Waals surface area (Å²) in [4.78, 5) is 0. The zero-order valence-electron chi connectivity index (χ0n) is 13.1. The van der Waals surface area contributed by atoms with E-state index in [1.165, 1.54) is 0 Å². The van der Waals surface area contributed by atoms with E-state index in [0.29, 0.717) is 35.9 Å². The minimum atomic E-state index is 0.389. The van der Waals surface area contributed by atoms with Gasteiger partial charge >= 0.3 is 0 Å². The average molecular weight is 310 g/mol. The van der Waals surface area contributed by atoms with E-state index >= 15 is 0 Å². The van der Waals surface area contributed by atoms with Crippen molar-refractivity contribution >= 4 is 0 Å². The summed E-state index contributed by atoms with van der Waals surface area (Å²) >= 11 is 0. The molecule has 3 rings (SSSR count). The molecule has 1 aromatic rings. The van der Waals surface area contributed by atoms with Gasteiger partial charge in [0.2, 0.25) is 0 Å². The molecule has 1 aromatic carbocycles. The van der Waals surface area contributed by atoms with Crippen molar-refractivity contribution < 1.29 is 9.47 Å². The molecule has 0 fully saturated rings. The number of nitrogens with zero attached hydrogens (tertiary/aromatic N) is 1. The standard InChI is InChI=1S/C17H18N4O2/c1-22-14-4-3-10(6-15(14)23-2)5-13-16-11(8-20-13)9-21-17(19)12(16)7-18/h3-4,6,9,20-21H,5,8,19H2,1-2H3. The maximum atomic E-state index is 9.39. The predicted molar refractivity (Wildman–Crippen MR) is 86.3 cm³/mol. The van der Waals surface area contributed by atoms with E-state index < -0.39 is 0 Å². The molecular weight excluding hydrogens is 292 g/mol. The van der Waals surface area contributed by atoms with Gasteiger partial charge in [-0.2, -0.15) is 5.26 Å². The number of allylic oxidation sites excluding steroid dienone is 2. The molecule has 23 heavy (non-hydrogen) atoms. The number of hydrogen-bond acceptors (Lipinski definition) is 6. The van der Waals surface area contributed by atoms with Gasteiger partial charge in [-0.1, -0.05) is 6.07 Å². The molecule has 0 unspecified atom stereocenters. The predicted octanol–water partition coefficient (Wildman–Crippen LogP) is 1.28. The lowest BCUT2D eigenvalue weighted by Gasteiger charge is -2.15. The Labute approximate surface area is 134 Å². The van der Waals surface area contributed by atoms with Crippen molar-refractivity contribution in [1.29, 1.82) is 5.26 Å². The first kappa shape index (κ1) is 14.9. The van der Waals surface area contributed by atoms with E-state index in [-0.39, 0.29) is 0 Å². The molecule has 2 aliphatic heterocycles. The van der Waals surface area contributed by atoms with Crippen molar-refractivity contribution in [2.75, 3.05) is 20.8 Å². The third-order valence-electron chi connectivity index (χ3n) is 3.98. The van der Waals surface area contributed by atoms with E-state index in [2.05, 4.69) is 16.7 Å². The van der Waals surface area contributed by atoms with Gasteiger partial charge in [-0.15, -0.1) is 0 Å². The van der Waals surface area contributed by atoms with Gasteiger partial charge < -0.3 is 25.8 Å². The van der Waals surface area contributed by atoms with E-state index in [9.17, 15) is 5.26 Å². The van der Waals surface area contributed by atoms with Gasteiger partial charge in [0, 0.05) is 30.4 Å². The third kappa shape index (κ3) is 2.57. The van der Waals surface area contributed by atoms with Crippen LogP contribution in [0.1, 0.15) is 5.56 Å². The molecule has 6 nitrogen and oxygen atoms in total. The van der Waals surface area contributed by atoms with Gasteiger partial charge in [-0.25, -0.2) is 0 Å². The second-order valence-corrected chi connectivity index (χ2v) is 5.29. The summed E-state index contributed by atoms with van der Waals surface area (Å²) in [6, 6.07) is 7.99. The van der Waals surface area contributed by atoms with Gasteiger partial charge in [0.05, 0.1) is 14.2 Å². The molecule has 0 saturated carbocycles. The Bertz CT molecular complexity index is 784. The van der Waals surface area contributed by atoms with Crippen molar-refractivity contribution in [1.82, 2.24) is 10.6 Å². The van der Waals surface area contributed by atoms with Crippen LogP contribution < -0.4 is 25.8 Å². The third-order valence-corrected chi connectivity index (χ3v) is 3.98. The Morgan fingerprint density at radius 3 is 2.74 bits per heavy atom. The molecule has 0 amide bonds. The number of rotatable bonds is 4. The Hall–Kier alpha value is -3.07. The smallest absolute Gasteiger partial charge is 0.160 e. The molecule has 0 atom stereocenters. The Morgan fingerprint density at radius 1 is 1.26 bits per heavy atom. The van der Waals surface area contributed by atoms with Gasteiger partial charge in [-0.3, -0.25) is 0 Å². The molecule has 0 aromatic heterocycles. The van der Waals surface area contributed by atoms with Crippen LogP contribution in [-0.4, -0.2) is 20.8 Å². The van der Waals surface area contributed by atoms with Crippen LogP contribution in [0.15, 0.2) is 52.6 Å². The first-order valence-electron chi connectivity index (χ1n) is 7.22. The molecule has 0 bridgehead atoms. The van der Waals surface area contributed by atoms with Crippen LogP contribution in [0.3, 0.4) is 0 Å². The zero-order chi connectivity index (χ0) is 16.4. The quantitative estimate of drug-likeness (QED) is 0.776. The van der Waals surface area contributed by atoms with E-state index in [0.717, 1.165) is 22.4 Å². The zero-order valence-corrected chi connectivity index (χ0v) is 13.1. The first-order chi connectivity index (χ1) is 11.2. The monoisotopic (exact) mass is 310 g/mol. The van der Waals surface area contributed by atoms with Gasteiger partial charge in [-0.05, 0) is 23.3 Å². The molecule has 0 aliphatic carbocycles. The van der Waals surface area contributed by atoms with Gasteiger partial charge in [0.25, 0.3) is 0 Å². The van der Waals surface area contributed by atoms with Crippen LogP contribution in [0.5, 0.6) is 11.5 Å². The van der Waals surface area contributed by atoms with Crippen LogP contribution >= 0.6 is 0 Å². The highest BCUT2D eigenvalue weighted by Gasteiger charge is 2.27. The molecule has 0 spiro atoms. The summed E-state index contributed by atoms with van der Waals surface area (Å²) in [5, 5.41) is 15.7. The fraction of sp³-hybridized carbons (Fsp3) is 0.235. The second kappa shape index (κ2) is 5.97. The van der Waals surface area contributed by atoms with Crippen LogP contribution in [0.2, 0.25) is 0 Å². The Kier molecular flexibility index (Phi) is 3.85. The maximum absolute atomic E-state index is 9.39. The maximum Gasteiger partial charge on any atom is 0.160 e. The van der Waals surface area contributed by atoms with Crippen LogP contribution in [0.25, 0.3) is 0 Å². The normalized spacial score (nSPS) is 16.1. The topological polar surface area (TPSA) is 92.3 Å². The van der Waals surface area contributed by atoms with E-state index in [1.54, 1.807) is 14.2 Å². The summed E-state index contributed by atoms with van der Waals surface area (Å²) in [5.41, 5.74) is 10.4. The number of ether oxygens (including phenoxy) is 2. The fourth-order valence-corrected chi connectivity index (χ4v) is 2.84. The summed E-state index contributed by atoms with van der Waals surface area (Å²) < 4.78 is 10.6. The molecular formula is C17H18N4O2. The summed E-state index contributed by atoms with van der Waals surface area (Å²) in [5.74, 6) is 1.77. The minimum Gasteiger partial charge on any atom is -0.493 e. The van der Waals surface area contributed by atoms with Crippen LogP contribution in [-0.2, 0) is 6.42 Å². The number of nitriles is 1. The van der Waals surface area contributed by atoms with Crippen LogP contribution in [0, 0.1) is 11.3 Å². The lowest BCUT2D eigenvalue weighted by atomic mass is 9.95. The summed E-state index contributed by atoms with van der Waals surface area (Å²) in [6.07, 6.45) is 2.51. The molecule has 2 aliphatic rings. The van der Waals surface area contributed by atoms with Crippen molar-refractivity contribution in [2.45, 2.75) is 6.42 Å². The highest BCUT2D eigenvalue weighted by atomic mass is 16.5. The van der Waals surface area contributed by atoms with Crippen molar-refractivity contribution in [3.05, 3.63) is 58.2 Å². The number of dihydropyridines is 1. The van der Waals surface area contributed by atoms with Gasteiger partial charge in [0.15, 0.2) is 11.5 Å². The number of nitrogens with two attached hydrogens (primary N) is 1. The highest BCUT2D eigenvalue weighted by molar-refractivity contribution is 5.62. The lowest BCUT2D eigenvalue weighted by Crippen LogP contribution is -2.22. The number of nitrogens with one attached hydrogen (secondary N) is 2. The second-order valence-electron chi connectivity index (χ2n) is 5.29. The minimum absolute atomic E-state index is 0.389. The number of hydrogen-bond donors (Lipinski definition) is 3. The molecule has 2 heterocycles. The molecule has 4 N–H and O–H groups in total. The molecule has 6 heteroatoms. The molecule has 0 radical (unpaired) electrons. The Morgan fingerprint density at radius 2 is 2.04 bits per heavy atom. The molecule has 118 valence electrons. The molecule has 0 saturated heterocycles. The van der Waals surface area contributed by atoms with E-state index in [1.807, 2.05) is 24.4 Å². The fourth-order valence-electron chi connectivity index (χ4n) is 2.84. The van der Waals surface area contributed by atoms with Crippen LogP contribution in [0.4, 0.5) is 0 Å². The summed E-state index contributed by atoms with van der Waals surface area (Å²) in [6.45, 7) is 0.684. The number of benzene rings is 1. The summed E-state index contributed by atoms with van der Waals surface area (Å²) in [7, 11) is 3.22. The largest absolute Gasteiger partial charge is 0.493 e. The van der Waals surface area contributed by atoms with Crippen molar-refractivity contribution in [2.24, 2.45) is 5.73 Å². The first-order valence-corrected chi connectivity index (χ1v) is 7.22. The average Bonchev–Trinajstić information content (AvgIpc) is 2.97. The number of fused-ring (bicyclic) bond motifs is 1. The number of methoxy groups -OCH3 is 2. The van der Waals surface area contributed by atoms with Gasteiger partial charge in [0.1, 0.15) is 17.5 Å². The van der Waals surface area contributed by atoms with Crippen molar-refractivity contribution in [3.63, 3.8) is 0 Å². The SMILES string of the molecule is COc1ccc(CC2=C3C(=CNC(N)=C3C#N)CN2)cc1OC.